The summed E-state index contributed by atoms with van der Waals surface area (Å²) in [4.78, 5) is 23.1. The van der Waals surface area contributed by atoms with E-state index in [2.05, 4.69) is 5.32 Å². The van der Waals surface area contributed by atoms with Gasteiger partial charge < -0.3 is 10.1 Å². The summed E-state index contributed by atoms with van der Waals surface area (Å²) in [6.45, 7) is 5.26. The Morgan fingerprint density at radius 3 is 2.50 bits per heavy atom. The fourth-order valence-electron chi connectivity index (χ4n) is 1.41. The van der Waals surface area contributed by atoms with E-state index < -0.39 is 17.4 Å². The van der Waals surface area contributed by atoms with E-state index >= 15 is 0 Å². The van der Waals surface area contributed by atoms with Crippen LogP contribution in [0.15, 0.2) is 18.2 Å². The molecule has 0 atom stereocenters. The van der Waals surface area contributed by atoms with Crippen LogP contribution in [0, 0.1) is 5.82 Å². The van der Waals surface area contributed by atoms with Crippen LogP contribution in [0.4, 0.5) is 10.1 Å². The lowest BCUT2D eigenvalue weighted by Crippen LogP contribution is -2.24. The quantitative estimate of drug-likeness (QED) is 0.865. The molecule has 6 heteroatoms. The molecule has 0 aliphatic rings. The number of esters is 1. The van der Waals surface area contributed by atoms with Crippen LogP contribution in [0.3, 0.4) is 0 Å². The van der Waals surface area contributed by atoms with E-state index in [9.17, 15) is 14.0 Å². The number of hydrogen-bond acceptors (Lipinski definition) is 3. The standard InChI is InChI=1S/C14H17ClFNO3/c1-14(2,3)20-13(19)7-6-12(18)17-11-5-4-9(16)8-10(11)15/h4-5,8H,6-7H2,1-3H3,(H,17,18). The van der Waals surface area contributed by atoms with Gasteiger partial charge in [-0.1, -0.05) is 11.6 Å². The third-order valence-electron chi connectivity index (χ3n) is 2.18. The summed E-state index contributed by atoms with van der Waals surface area (Å²) in [6.07, 6.45) is -0.0511. The number of amides is 1. The fourth-order valence-corrected chi connectivity index (χ4v) is 1.63. The molecule has 110 valence electrons. The largest absolute Gasteiger partial charge is 0.460 e. The first-order chi connectivity index (χ1) is 9.17. The van der Waals surface area contributed by atoms with Gasteiger partial charge in [0.15, 0.2) is 0 Å². The van der Waals surface area contributed by atoms with E-state index in [1.165, 1.54) is 12.1 Å². The lowest BCUT2D eigenvalue weighted by atomic mass is 10.2. The molecule has 0 radical (unpaired) electrons. The van der Waals surface area contributed by atoms with E-state index in [4.69, 9.17) is 16.3 Å². The monoisotopic (exact) mass is 301 g/mol. The van der Waals surface area contributed by atoms with Gasteiger partial charge in [0.05, 0.1) is 17.1 Å². The number of halogens is 2. The zero-order chi connectivity index (χ0) is 15.3. The van der Waals surface area contributed by atoms with E-state index in [0.717, 1.165) is 6.07 Å². The zero-order valence-electron chi connectivity index (χ0n) is 11.6. The average molecular weight is 302 g/mol. The van der Waals surface area contributed by atoms with Crippen LogP contribution in [-0.4, -0.2) is 17.5 Å². The van der Waals surface area contributed by atoms with Crippen LogP contribution in [0.1, 0.15) is 33.6 Å². The molecular formula is C14H17ClFNO3. The van der Waals surface area contributed by atoms with Crippen LogP contribution in [0.25, 0.3) is 0 Å². The maximum absolute atomic E-state index is 12.8. The first kappa shape index (κ1) is 16.4. The molecule has 1 rings (SSSR count). The number of anilines is 1. The van der Waals surface area contributed by atoms with Gasteiger partial charge in [0.2, 0.25) is 5.91 Å². The highest BCUT2D eigenvalue weighted by molar-refractivity contribution is 6.33. The molecule has 1 N–H and O–H groups in total. The van der Waals surface area contributed by atoms with Crippen LogP contribution >= 0.6 is 11.6 Å². The van der Waals surface area contributed by atoms with Crippen molar-refractivity contribution in [3.63, 3.8) is 0 Å². The van der Waals surface area contributed by atoms with Crippen molar-refractivity contribution in [3.05, 3.63) is 29.0 Å². The zero-order valence-corrected chi connectivity index (χ0v) is 12.4. The maximum atomic E-state index is 12.8. The minimum atomic E-state index is -0.576. The highest BCUT2D eigenvalue weighted by Gasteiger charge is 2.17. The van der Waals surface area contributed by atoms with Gasteiger partial charge in [-0.25, -0.2) is 4.39 Å². The van der Waals surface area contributed by atoms with Crippen molar-refractivity contribution in [2.24, 2.45) is 0 Å². The molecular weight excluding hydrogens is 285 g/mol. The second kappa shape index (κ2) is 6.70. The Hall–Kier alpha value is -1.62. The lowest BCUT2D eigenvalue weighted by Gasteiger charge is -2.19. The van der Waals surface area contributed by atoms with Gasteiger partial charge in [-0.3, -0.25) is 9.59 Å². The summed E-state index contributed by atoms with van der Waals surface area (Å²) < 4.78 is 17.9. The van der Waals surface area contributed by atoms with Gasteiger partial charge >= 0.3 is 5.97 Å². The highest BCUT2D eigenvalue weighted by Crippen LogP contribution is 2.22. The van der Waals surface area contributed by atoms with E-state index in [1.807, 2.05) is 0 Å². The molecule has 0 spiro atoms. The summed E-state index contributed by atoms with van der Waals surface area (Å²) >= 11 is 5.78. The Balaban J connectivity index is 2.46. The number of benzene rings is 1. The molecule has 0 heterocycles. The number of carbonyl (C=O) groups is 2. The normalized spacial score (nSPS) is 11.1. The van der Waals surface area contributed by atoms with Crippen molar-refractivity contribution in [3.8, 4) is 0 Å². The first-order valence-electron chi connectivity index (χ1n) is 6.14. The van der Waals surface area contributed by atoms with Gasteiger partial charge in [-0.2, -0.15) is 0 Å². The Morgan fingerprint density at radius 2 is 1.95 bits per heavy atom. The number of ether oxygens (including phenoxy) is 1. The van der Waals surface area contributed by atoms with E-state index in [-0.39, 0.29) is 23.8 Å². The topological polar surface area (TPSA) is 55.4 Å². The number of carbonyl (C=O) groups excluding carboxylic acids is 2. The van der Waals surface area contributed by atoms with Crippen molar-refractivity contribution in [2.45, 2.75) is 39.2 Å². The minimum absolute atomic E-state index is 0.0252. The maximum Gasteiger partial charge on any atom is 0.306 e. The summed E-state index contributed by atoms with van der Waals surface area (Å²) in [5.41, 5.74) is -0.268. The molecule has 0 saturated carbocycles. The van der Waals surface area contributed by atoms with Gasteiger partial charge in [0, 0.05) is 6.42 Å². The molecule has 0 fully saturated rings. The van der Waals surface area contributed by atoms with E-state index in [1.54, 1.807) is 20.8 Å². The Morgan fingerprint density at radius 1 is 1.30 bits per heavy atom. The summed E-state index contributed by atoms with van der Waals surface area (Å²) in [6, 6.07) is 3.66. The molecule has 1 amide bonds. The highest BCUT2D eigenvalue weighted by atomic mass is 35.5. The second-order valence-electron chi connectivity index (χ2n) is 5.26. The molecule has 0 bridgehead atoms. The average Bonchev–Trinajstić information content (AvgIpc) is 2.28. The number of rotatable bonds is 4. The summed E-state index contributed by atoms with van der Waals surface area (Å²) in [5, 5.41) is 2.62. The van der Waals surface area contributed by atoms with Crippen molar-refractivity contribution >= 4 is 29.2 Å². The number of hydrogen-bond donors (Lipinski definition) is 1. The van der Waals surface area contributed by atoms with E-state index in [0.29, 0.717) is 5.69 Å². The summed E-state index contributed by atoms with van der Waals surface area (Å²) in [7, 11) is 0. The smallest absolute Gasteiger partial charge is 0.306 e. The van der Waals surface area contributed by atoms with Gasteiger partial charge in [-0.05, 0) is 39.0 Å². The number of nitrogens with one attached hydrogen (secondary N) is 1. The predicted molar refractivity (Wildman–Crippen MR) is 75.1 cm³/mol. The molecule has 20 heavy (non-hydrogen) atoms. The minimum Gasteiger partial charge on any atom is -0.460 e. The van der Waals surface area contributed by atoms with Gasteiger partial charge in [-0.15, -0.1) is 0 Å². The molecule has 0 aromatic heterocycles. The van der Waals surface area contributed by atoms with Gasteiger partial charge in [0.1, 0.15) is 11.4 Å². The molecule has 4 nitrogen and oxygen atoms in total. The first-order valence-corrected chi connectivity index (χ1v) is 6.52. The van der Waals surface area contributed by atoms with Crippen molar-refractivity contribution in [1.82, 2.24) is 0 Å². The molecule has 0 unspecified atom stereocenters. The van der Waals surface area contributed by atoms with Gasteiger partial charge in [0.25, 0.3) is 0 Å². The molecule has 1 aromatic rings. The van der Waals surface area contributed by atoms with Crippen LogP contribution in [0.5, 0.6) is 0 Å². The lowest BCUT2D eigenvalue weighted by molar-refractivity contribution is -0.155. The van der Waals surface area contributed by atoms with Crippen LogP contribution in [0.2, 0.25) is 5.02 Å². The SMILES string of the molecule is CC(C)(C)OC(=O)CCC(=O)Nc1ccc(F)cc1Cl. The fraction of sp³-hybridized carbons (Fsp3) is 0.429. The molecule has 1 aromatic carbocycles. The van der Waals surface area contributed by atoms with Crippen LogP contribution in [-0.2, 0) is 14.3 Å². The van der Waals surface area contributed by atoms with Crippen LogP contribution < -0.4 is 5.32 Å². The molecule has 0 aliphatic heterocycles. The Bertz CT molecular complexity index is 512. The van der Waals surface area contributed by atoms with Crippen molar-refractivity contribution < 1.29 is 18.7 Å². The summed E-state index contributed by atoms with van der Waals surface area (Å²) in [5.74, 6) is -1.32. The van der Waals surface area contributed by atoms with Crippen molar-refractivity contribution in [1.29, 1.82) is 0 Å². The third-order valence-corrected chi connectivity index (χ3v) is 2.49. The second-order valence-corrected chi connectivity index (χ2v) is 5.67. The molecule has 0 saturated heterocycles. The third kappa shape index (κ3) is 6.02. The predicted octanol–water partition coefficient (Wildman–Crippen LogP) is 3.54. The Labute approximate surface area is 122 Å². The van der Waals surface area contributed by atoms with Crippen molar-refractivity contribution in [2.75, 3.05) is 5.32 Å². The molecule has 0 aliphatic carbocycles. The Kier molecular flexibility index (Phi) is 5.51.